The van der Waals surface area contributed by atoms with Crippen LogP contribution in [-0.2, 0) is 9.09 Å². The van der Waals surface area contributed by atoms with Crippen molar-refractivity contribution in [3.05, 3.63) is 0 Å². The predicted molar refractivity (Wildman–Crippen MR) is 42.3 cm³/mol. The molecular formula is C6H14NO3P. The molecule has 4 nitrogen and oxygen atoms in total. The molecular weight excluding hydrogens is 165 g/mol. The van der Waals surface area contributed by atoms with Crippen molar-refractivity contribution < 1.29 is 14.0 Å². The lowest BCUT2D eigenvalue weighted by Gasteiger charge is -2.28. The zero-order valence-corrected chi connectivity index (χ0v) is 7.59. The molecule has 0 aromatic heterocycles. The van der Waals surface area contributed by atoms with Gasteiger partial charge in [0.25, 0.3) is 0 Å². The molecule has 66 valence electrons. The first-order chi connectivity index (χ1) is 5.17. The third kappa shape index (κ3) is 2.27. The zero-order valence-electron chi connectivity index (χ0n) is 6.69. The molecule has 0 aromatic carbocycles. The molecule has 1 unspecified atom stereocenters. The Morgan fingerprint density at radius 2 is 1.91 bits per heavy atom. The standard InChI is InChI=1S/C6H14NO3P/c1-10-11(8,9)7-5-3-2-4-6-7/h2-6H2,1H3,(H,8,9). The molecule has 0 aliphatic carbocycles. The van der Waals surface area contributed by atoms with Crippen molar-refractivity contribution in [1.29, 1.82) is 0 Å². The first-order valence-corrected chi connectivity index (χ1v) is 5.34. The van der Waals surface area contributed by atoms with E-state index >= 15 is 0 Å². The fraction of sp³-hybridized carbons (Fsp3) is 1.00. The first-order valence-electron chi connectivity index (χ1n) is 3.81. The quantitative estimate of drug-likeness (QED) is 0.647. The number of hydrogen-bond acceptors (Lipinski definition) is 2. The summed E-state index contributed by atoms with van der Waals surface area (Å²) in [5, 5.41) is 0. The maximum Gasteiger partial charge on any atom is 0.405 e. The summed E-state index contributed by atoms with van der Waals surface area (Å²) in [5.41, 5.74) is 0. The summed E-state index contributed by atoms with van der Waals surface area (Å²) in [6.45, 7) is 1.36. The van der Waals surface area contributed by atoms with Gasteiger partial charge in [-0.05, 0) is 12.8 Å². The van der Waals surface area contributed by atoms with E-state index in [-0.39, 0.29) is 0 Å². The van der Waals surface area contributed by atoms with Crippen LogP contribution in [0, 0.1) is 0 Å². The minimum Gasteiger partial charge on any atom is -0.312 e. The van der Waals surface area contributed by atoms with Gasteiger partial charge in [0.1, 0.15) is 0 Å². The molecule has 0 bridgehead atoms. The lowest BCUT2D eigenvalue weighted by molar-refractivity contribution is 0.218. The predicted octanol–water partition coefficient (Wildman–Crippen LogP) is 1.22. The Morgan fingerprint density at radius 3 is 2.36 bits per heavy atom. The van der Waals surface area contributed by atoms with Crippen LogP contribution in [0.3, 0.4) is 0 Å². The number of nitrogens with zero attached hydrogens (tertiary/aromatic N) is 1. The van der Waals surface area contributed by atoms with Gasteiger partial charge in [0.05, 0.1) is 0 Å². The molecule has 1 aliphatic heterocycles. The number of rotatable bonds is 2. The zero-order chi connectivity index (χ0) is 8.32. The van der Waals surface area contributed by atoms with Gasteiger partial charge >= 0.3 is 7.75 Å². The van der Waals surface area contributed by atoms with Gasteiger partial charge in [-0.1, -0.05) is 6.42 Å². The van der Waals surface area contributed by atoms with Crippen LogP contribution in [-0.4, -0.2) is 29.8 Å². The lowest BCUT2D eigenvalue weighted by Crippen LogP contribution is -2.27. The Labute approximate surface area is 66.7 Å². The molecule has 11 heavy (non-hydrogen) atoms. The van der Waals surface area contributed by atoms with E-state index in [0.717, 1.165) is 19.3 Å². The van der Waals surface area contributed by atoms with E-state index in [2.05, 4.69) is 4.52 Å². The molecule has 5 heteroatoms. The molecule has 1 atom stereocenters. The summed E-state index contributed by atoms with van der Waals surface area (Å²) < 4.78 is 17.2. The van der Waals surface area contributed by atoms with Gasteiger partial charge in [-0.25, -0.2) is 9.24 Å². The van der Waals surface area contributed by atoms with E-state index in [9.17, 15) is 9.46 Å². The van der Waals surface area contributed by atoms with Crippen molar-refractivity contribution >= 4 is 7.75 Å². The molecule has 1 saturated heterocycles. The smallest absolute Gasteiger partial charge is 0.312 e. The van der Waals surface area contributed by atoms with Crippen LogP contribution in [0.4, 0.5) is 0 Å². The maximum atomic E-state index is 11.2. The van der Waals surface area contributed by atoms with Crippen LogP contribution in [0.2, 0.25) is 0 Å². The molecule has 0 saturated carbocycles. The van der Waals surface area contributed by atoms with E-state index in [0.29, 0.717) is 13.1 Å². The van der Waals surface area contributed by atoms with Crippen LogP contribution in [0.5, 0.6) is 0 Å². The van der Waals surface area contributed by atoms with Crippen LogP contribution in [0.25, 0.3) is 0 Å². The highest BCUT2D eigenvalue weighted by Crippen LogP contribution is 2.46. The average molecular weight is 179 g/mol. The molecule has 0 radical (unpaired) electrons. The highest BCUT2D eigenvalue weighted by atomic mass is 31.2. The van der Waals surface area contributed by atoms with Crippen molar-refractivity contribution in [2.45, 2.75) is 19.3 Å². The van der Waals surface area contributed by atoms with Gasteiger partial charge in [0, 0.05) is 20.2 Å². The number of hydrogen-bond donors (Lipinski definition) is 1. The molecule has 1 aliphatic rings. The van der Waals surface area contributed by atoms with Crippen LogP contribution in [0.1, 0.15) is 19.3 Å². The van der Waals surface area contributed by atoms with Crippen molar-refractivity contribution in [3.8, 4) is 0 Å². The monoisotopic (exact) mass is 179 g/mol. The molecule has 1 fully saturated rings. The molecule has 0 amide bonds. The van der Waals surface area contributed by atoms with E-state index in [1.807, 2.05) is 0 Å². The topological polar surface area (TPSA) is 49.8 Å². The van der Waals surface area contributed by atoms with Gasteiger partial charge in [-0.3, -0.25) is 0 Å². The lowest BCUT2D eigenvalue weighted by atomic mass is 10.2. The SMILES string of the molecule is COP(=O)(O)N1CCCCC1. The minimum atomic E-state index is -3.42. The summed E-state index contributed by atoms with van der Waals surface area (Å²) in [7, 11) is -2.14. The van der Waals surface area contributed by atoms with Crippen LogP contribution >= 0.6 is 7.75 Å². The second-order valence-corrected chi connectivity index (χ2v) is 4.60. The van der Waals surface area contributed by atoms with Gasteiger partial charge in [0.2, 0.25) is 0 Å². The Balaban J connectivity index is 2.51. The van der Waals surface area contributed by atoms with Crippen LogP contribution < -0.4 is 0 Å². The van der Waals surface area contributed by atoms with Gasteiger partial charge in [0.15, 0.2) is 0 Å². The van der Waals surface area contributed by atoms with Crippen molar-refractivity contribution in [2.24, 2.45) is 0 Å². The van der Waals surface area contributed by atoms with Gasteiger partial charge in [-0.15, -0.1) is 0 Å². The van der Waals surface area contributed by atoms with E-state index in [4.69, 9.17) is 0 Å². The van der Waals surface area contributed by atoms with Crippen molar-refractivity contribution in [1.82, 2.24) is 4.67 Å². The fourth-order valence-electron chi connectivity index (χ4n) is 1.25. The minimum absolute atomic E-state index is 0.682. The second-order valence-electron chi connectivity index (χ2n) is 2.69. The van der Waals surface area contributed by atoms with Crippen molar-refractivity contribution in [2.75, 3.05) is 20.2 Å². The molecule has 1 rings (SSSR count). The largest absolute Gasteiger partial charge is 0.405 e. The fourth-order valence-corrected chi connectivity index (χ4v) is 2.26. The second kappa shape index (κ2) is 3.68. The van der Waals surface area contributed by atoms with Crippen LogP contribution in [0.15, 0.2) is 0 Å². The van der Waals surface area contributed by atoms with Gasteiger partial charge < -0.3 is 9.42 Å². The molecule has 0 spiro atoms. The Kier molecular flexibility index (Phi) is 3.07. The highest BCUT2D eigenvalue weighted by Gasteiger charge is 2.28. The normalized spacial score (nSPS) is 26.4. The third-order valence-electron chi connectivity index (χ3n) is 1.93. The molecule has 1 heterocycles. The summed E-state index contributed by atoms with van der Waals surface area (Å²) in [6.07, 6.45) is 3.14. The van der Waals surface area contributed by atoms with Gasteiger partial charge in [-0.2, -0.15) is 0 Å². The third-order valence-corrected chi connectivity index (χ3v) is 3.52. The van der Waals surface area contributed by atoms with Crippen molar-refractivity contribution in [3.63, 3.8) is 0 Å². The van der Waals surface area contributed by atoms with E-state index in [1.54, 1.807) is 0 Å². The Hall–Kier alpha value is 0.110. The Morgan fingerprint density at radius 1 is 1.36 bits per heavy atom. The average Bonchev–Trinajstić information content (AvgIpc) is 2.06. The number of piperidine rings is 1. The summed E-state index contributed by atoms with van der Waals surface area (Å²) >= 11 is 0. The summed E-state index contributed by atoms with van der Waals surface area (Å²) in [5.74, 6) is 0. The maximum absolute atomic E-state index is 11.2. The van der Waals surface area contributed by atoms with E-state index < -0.39 is 7.75 Å². The molecule has 1 N–H and O–H groups in total. The highest BCUT2D eigenvalue weighted by molar-refractivity contribution is 7.50. The first kappa shape index (κ1) is 9.20. The van der Waals surface area contributed by atoms with E-state index in [1.165, 1.54) is 11.8 Å². The summed E-state index contributed by atoms with van der Waals surface area (Å²) in [6, 6.07) is 0. The Bertz CT molecular complexity index is 167. The summed E-state index contributed by atoms with van der Waals surface area (Å²) in [4.78, 5) is 9.21. The molecule has 0 aromatic rings.